The Morgan fingerprint density at radius 2 is 1.88 bits per heavy atom. The summed E-state index contributed by atoms with van der Waals surface area (Å²) in [5.41, 5.74) is -0.744. The Morgan fingerprint density at radius 3 is 2.50 bits per heavy atom. The number of nitrogens with zero attached hydrogens (tertiary/aromatic N) is 1. The van der Waals surface area contributed by atoms with E-state index in [0.29, 0.717) is 12.8 Å². The highest BCUT2D eigenvalue weighted by Crippen LogP contribution is 2.37. The largest absolute Gasteiger partial charge is 0.465 e. The van der Waals surface area contributed by atoms with Crippen LogP contribution in [0.2, 0.25) is 0 Å². The van der Waals surface area contributed by atoms with Gasteiger partial charge in [-0.3, -0.25) is 9.59 Å². The molecule has 0 bridgehead atoms. The maximum atomic E-state index is 15.0. The van der Waals surface area contributed by atoms with Crippen LogP contribution in [0.1, 0.15) is 52.3 Å². The molecule has 1 atom stereocenters. The zero-order valence-corrected chi connectivity index (χ0v) is 18.4. The quantitative estimate of drug-likeness (QED) is 0.512. The predicted octanol–water partition coefficient (Wildman–Crippen LogP) is 3.55. The lowest BCUT2D eigenvalue weighted by molar-refractivity contribution is -0.124. The van der Waals surface area contributed by atoms with Crippen molar-refractivity contribution in [2.24, 2.45) is 0 Å². The number of benzene rings is 2. The summed E-state index contributed by atoms with van der Waals surface area (Å²) >= 11 is 0. The third-order valence-electron chi connectivity index (χ3n) is 5.73. The summed E-state index contributed by atoms with van der Waals surface area (Å²) in [5.74, 6) is -3.34. The Hall–Kier alpha value is -4.08. The molecule has 4 rings (SSSR count). The fourth-order valence-electron chi connectivity index (χ4n) is 3.68. The van der Waals surface area contributed by atoms with Crippen LogP contribution < -0.4 is 10.6 Å². The van der Waals surface area contributed by atoms with Gasteiger partial charge < -0.3 is 19.9 Å². The first kappa shape index (κ1) is 23.1. The van der Waals surface area contributed by atoms with Gasteiger partial charge in [-0.1, -0.05) is 29.4 Å². The molecular formula is C24H21F2N3O5. The number of nitrogens with one attached hydrogen (secondary N) is 2. The molecule has 176 valence electrons. The number of carbonyl (C=O) groups excluding carboxylic acids is 3. The van der Waals surface area contributed by atoms with Gasteiger partial charge in [0.1, 0.15) is 22.7 Å². The van der Waals surface area contributed by atoms with Crippen molar-refractivity contribution < 1.29 is 32.4 Å². The number of ether oxygens (including phenoxy) is 1. The predicted molar refractivity (Wildman–Crippen MR) is 116 cm³/mol. The van der Waals surface area contributed by atoms with Gasteiger partial charge in [0.05, 0.1) is 19.3 Å². The van der Waals surface area contributed by atoms with Crippen LogP contribution in [0, 0.1) is 11.6 Å². The molecule has 8 nitrogen and oxygen atoms in total. The lowest BCUT2D eigenvalue weighted by Crippen LogP contribution is -2.49. The van der Waals surface area contributed by atoms with Gasteiger partial charge in [-0.05, 0) is 43.0 Å². The Kier molecular flexibility index (Phi) is 6.14. The summed E-state index contributed by atoms with van der Waals surface area (Å²) < 4.78 is 38.7. The summed E-state index contributed by atoms with van der Waals surface area (Å²) in [6.07, 6.45) is 2.19. The molecule has 3 aromatic rings. The highest BCUT2D eigenvalue weighted by molar-refractivity contribution is 5.99. The summed E-state index contributed by atoms with van der Waals surface area (Å²) in [4.78, 5) is 37.1. The molecule has 1 fully saturated rings. The van der Waals surface area contributed by atoms with E-state index < -0.39 is 41.0 Å². The number of esters is 1. The van der Waals surface area contributed by atoms with E-state index in [4.69, 9.17) is 4.52 Å². The third kappa shape index (κ3) is 4.39. The van der Waals surface area contributed by atoms with Crippen LogP contribution in [0.5, 0.6) is 0 Å². The molecule has 1 aliphatic rings. The first-order valence-electron chi connectivity index (χ1n) is 10.5. The number of halogens is 2. The van der Waals surface area contributed by atoms with Crippen LogP contribution in [0.15, 0.2) is 53.2 Å². The van der Waals surface area contributed by atoms with Gasteiger partial charge >= 0.3 is 5.97 Å². The second-order valence-corrected chi connectivity index (χ2v) is 8.00. The minimum Gasteiger partial charge on any atom is -0.465 e. The highest BCUT2D eigenvalue weighted by atomic mass is 19.1. The molecule has 1 heterocycles. The second kappa shape index (κ2) is 9.05. The molecule has 0 spiro atoms. The van der Waals surface area contributed by atoms with Crippen molar-refractivity contribution in [3.05, 3.63) is 77.2 Å². The number of methoxy groups -OCH3 is 1. The zero-order chi connectivity index (χ0) is 24.5. The summed E-state index contributed by atoms with van der Waals surface area (Å²) in [5, 5.41) is 8.83. The van der Waals surface area contributed by atoms with Gasteiger partial charge in [0, 0.05) is 11.6 Å². The molecule has 10 heteroatoms. The molecule has 0 unspecified atom stereocenters. The maximum Gasteiger partial charge on any atom is 0.341 e. The molecule has 1 saturated carbocycles. The Labute approximate surface area is 193 Å². The molecular weight excluding hydrogens is 448 g/mol. The second-order valence-electron chi connectivity index (χ2n) is 8.00. The average molecular weight is 469 g/mol. The SMILES string of the molecule is COC(=O)c1c(F)cccc1-c1ccc([C@H](C)NC(=O)C2(NC(=O)c3ccno3)CC2)c(F)c1. The summed E-state index contributed by atoms with van der Waals surface area (Å²) in [6.45, 7) is 1.60. The summed E-state index contributed by atoms with van der Waals surface area (Å²) in [7, 11) is 1.13. The number of aromatic nitrogens is 1. The first-order valence-corrected chi connectivity index (χ1v) is 10.5. The molecule has 0 radical (unpaired) electrons. The van der Waals surface area contributed by atoms with Crippen LogP contribution in [0.25, 0.3) is 11.1 Å². The van der Waals surface area contributed by atoms with Gasteiger partial charge in [-0.2, -0.15) is 0 Å². The molecule has 1 aromatic heterocycles. The molecule has 2 aromatic carbocycles. The summed E-state index contributed by atoms with van der Waals surface area (Å²) in [6, 6.07) is 8.82. The Morgan fingerprint density at radius 1 is 1.12 bits per heavy atom. The average Bonchev–Trinajstić information content (AvgIpc) is 3.38. The van der Waals surface area contributed by atoms with E-state index >= 15 is 4.39 Å². The minimum atomic E-state index is -1.09. The number of hydrogen-bond acceptors (Lipinski definition) is 6. The van der Waals surface area contributed by atoms with Crippen molar-refractivity contribution in [3.63, 3.8) is 0 Å². The van der Waals surface area contributed by atoms with Crippen LogP contribution in [0.4, 0.5) is 8.78 Å². The molecule has 1 aliphatic carbocycles. The maximum absolute atomic E-state index is 15.0. The Bertz CT molecular complexity index is 1260. The number of rotatable bonds is 7. The van der Waals surface area contributed by atoms with E-state index in [-0.39, 0.29) is 28.0 Å². The van der Waals surface area contributed by atoms with Gasteiger partial charge in [-0.25, -0.2) is 13.6 Å². The van der Waals surface area contributed by atoms with Crippen molar-refractivity contribution in [1.29, 1.82) is 0 Å². The van der Waals surface area contributed by atoms with Crippen molar-refractivity contribution in [1.82, 2.24) is 15.8 Å². The number of amides is 2. The van der Waals surface area contributed by atoms with E-state index in [1.54, 1.807) is 6.92 Å². The minimum absolute atomic E-state index is 0.0163. The highest BCUT2D eigenvalue weighted by Gasteiger charge is 2.52. The fraction of sp³-hybridized carbons (Fsp3) is 0.250. The topological polar surface area (TPSA) is 111 Å². The molecule has 2 N–H and O–H groups in total. The smallest absolute Gasteiger partial charge is 0.341 e. The van der Waals surface area contributed by atoms with Crippen LogP contribution in [0.3, 0.4) is 0 Å². The van der Waals surface area contributed by atoms with Gasteiger partial charge in [-0.15, -0.1) is 0 Å². The van der Waals surface area contributed by atoms with Crippen LogP contribution >= 0.6 is 0 Å². The van der Waals surface area contributed by atoms with Gasteiger partial charge in [0.2, 0.25) is 11.7 Å². The van der Waals surface area contributed by atoms with Gasteiger partial charge in [0.25, 0.3) is 5.91 Å². The normalized spacial score (nSPS) is 14.7. The lowest BCUT2D eigenvalue weighted by Gasteiger charge is -2.21. The van der Waals surface area contributed by atoms with Crippen molar-refractivity contribution in [2.75, 3.05) is 7.11 Å². The monoisotopic (exact) mass is 469 g/mol. The van der Waals surface area contributed by atoms with Crippen LogP contribution in [-0.2, 0) is 9.53 Å². The van der Waals surface area contributed by atoms with Gasteiger partial charge in [0.15, 0.2) is 0 Å². The Balaban J connectivity index is 1.51. The molecule has 34 heavy (non-hydrogen) atoms. The van der Waals surface area contributed by atoms with E-state index in [1.165, 1.54) is 36.5 Å². The lowest BCUT2D eigenvalue weighted by atomic mass is 9.96. The number of carbonyl (C=O) groups is 3. The van der Waals surface area contributed by atoms with E-state index in [1.807, 2.05) is 0 Å². The standard InChI is InChI=1S/C24H21F2N3O5/c1-13(28-23(32)24(9-10-24)29-21(30)19-8-11-27-34-19)15-7-6-14(12-18(15)26)16-4-3-5-17(25)20(16)22(31)33-2/h3-8,11-13H,9-10H2,1-2H3,(H,28,32)(H,29,30)/t13-/m0/s1. The van der Waals surface area contributed by atoms with Crippen molar-refractivity contribution in [3.8, 4) is 11.1 Å². The van der Waals surface area contributed by atoms with Crippen molar-refractivity contribution in [2.45, 2.75) is 31.3 Å². The van der Waals surface area contributed by atoms with E-state index in [0.717, 1.165) is 19.2 Å². The fourth-order valence-corrected chi connectivity index (χ4v) is 3.68. The third-order valence-corrected chi connectivity index (χ3v) is 5.73. The molecule has 2 amide bonds. The number of hydrogen-bond donors (Lipinski definition) is 2. The molecule has 0 aliphatic heterocycles. The molecule has 0 saturated heterocycles. The van der Waals surface area contributed by atoms with Crippen molar-refractivity contribution >= 4 is 17.8 Å². The van der Waals surface area contributed by atoms with E-state index in [2.05, 4.69) is 20.5 Å². The first-order chi connectivity index (χ1) is 16.3. The zero-order valence-electron chi connectivity index (χ0n) is 18.4. The van der Waals surface area contributed by atoms with E-state index in [9.17, 15) is 18.8 Å². The van der Waals surface area contributed by atoms with Crippen LogP contribution in [-0.4, -0.2) is 35.6 Å².